The number of hydrogen-bond acceptors (Lipinski definition) is 4. The summed E-state index contributed by atoms with van der Waals surface area (Å²) >= 11 is 0. The second-order valence-corrected chi connectivity index (χ2v) is 9.27. The van der Waals surface area contributed by atoms with Crippen molar-refractivity contribution in [3.05, 3.63) is 53.6 Å². The Morgan fingerprint density at radius 3 is 2.48 bits per heavy atom. The Morgan fingerprint density at radius 1 is 1.14 bits per heavy atom. The maximum atomic E-state index is 13.0. The molecule has 1 saturated heterocycles. The molecule has 156 valence electrons. The van der Waals surface area contributed by atoms with E-state index in [4.69, 9.17) is 4.74 Å². The van der Waals surface area contributed by atoms with Gasteiger partial charge in [-0.2, -0.15) is 4.31 Å². The Balaban J connectivity index is 1.65. The molecule has 1 heterocycles. The molecule has 1 aliphatic rings. The second kappa shape index (κ2) is 8.97. The van der Waals surface area contributed by atoms with Gasteiger partial charge in [0.1, 0.15) is 5.75 Å². The molecule has 6 nitrogen and oxygen atoms in total. The molecule has 0 aliphatic carbocycles. The molecule has 0 bridgehead atoms. The first-order valence-corrected chi connectivity index (χ1v) is 11.4. The van der Waals surface area contributed by atoms with Crippen LogP contribution in [0.25, 0.3) is 0 Å². The van der Waals surface area contributed by atoms with Crippen LogP contribution in [0.15, 0.2) is 47.4 Å². The maximum absolute atomic E-state index is 13.0. The Kier molecular flexibility index (Phi) is 6.59. The Bertz CT molecular complexity index is 980. The lowest BCUT2D eigenvalue weighted by Crippen LogP contribution is -2.41. The van der Waals surface area contributed by atoms with Gasteiger partial charge in [0.25, 0.3) is 0 Å². The van der Waals surface area contributed by atoms with Gasteiger partial charge in [-0.25, -0.2) is 8.42 Å². The molecule has 0 unspecified atom stereocenters. The maximum Gasteiger partial charge on any atom is 0.243 e. The highest BCUT2D eigenvalue weighted by molar-refractivity contribution is 7.89. The van der Waals surface area contributed by atoms with Gasteiger partial charge in [-0.3, -0.25) is 4.79 Å². The number of nitrogens with zero attached hydrogens (tertiary/aromatic N) is 1. The molecule has 3 rings (SSSR count). The fraction of sp³-hybridized carbons (Fsp3) is 0.409. The topological polar surface area (TPSA) is 75.7 Å². The second-order valence-electron chi connectivity index (χ2n) is 7.37. The van der Waals surface area contributed by atoms with Crippen molar-refractivity contribution in [1.82, 2.24) is 4.31 Å². The highest BCUT2D eigenvalue weighted by atomic mass is 32.2. The number of anilines is 1. The summed E-state index contributed by atoms with van der Waals surface area (Å²) in [7, 11) is -3.55. The summed E-state index contributed by atoms with van der Waals surface area (Å²) in [6, 6.07) is 12.7. The highest BCUT2D eigenvalue weighted by Gasteiger charge is 2.33. The van der Waals surface area contributed by atoms with Crippen LogP contribution in [0.3, 0.4) is 0 Å². The van der Waals surface area contributed by atoms with E-state index in [-0.39, 0.29) is 11.8 Å². The first-order valence-electron chi connectivity index (χ1n) is 9.93. The van der Waals surface area contributed by atoms with Gasteiger partial charge in [0.05, 0.1) is 17.2 Å². The average molecular weight is 417 g/mol. The van der Waals surface area contributed by atoms with Gasteiger partial charge >= 0.3 is 0 Å². The molecule has 0 spiro atoms. The average Bonchev–Trinajstić information content (AvgIpc) is 2.69. The van der Waals surface area contributed by atoms with E-state index < -0.39 is 10.0 Å². The molecule has 0 radical (unpaired) electrons. The van der Waals surface area contributed by atoms with Gasteiger partial charge in [-0.15, -0.1) is 0 Å². The molecule has 0 aromatic heterocycles. The van der Waals surface area contributed by atoms with E-state index in [1.165, 1.54) is 4.31 Å². The molecule has 0 saturated carbocycles. The molecular weight excluding hydrogens is 388 g/mol. The number of rotatable bonds is 6. The Hall–Kier alpha value is -2.38. The summed E-state index contributed by atoms with van der Waals surface area (Å²) in [5.41, 5.74) is 2.42. The zero-order valence-electron chi connectivity index (χ0n) is 17.1. The van der Waals surface area contributed by atoms with Crippen LogP contribution in [0, 0.1) is 19.8 Å². The number of carbonyl (C=O) groups is 1. The van der Waals surface area contributed by atoms with Crippen LogP contribution in [0.4, 0.5) is 5.69 Å². The van der Waals surface area contributed by atoms with Gasteiger partial charge < -0.3 is 10.1 Å². The lowest BCUT2D eigenvalue weighted by Gasteiger charge is -2.31. The number of benzene rings is 2. The van der Waals surface area contributed by atoms with Crippen molar-refractivity contribution in [2.75, 3.05) is 25.0 Å². The van der Waals surface area contributed by atoms with E-state index >= 15 is 0 Å². The van der Waals surface area contributed by atoms with E-state index in [9.17, 15) is 13.2 Å². The van der Waals surface area contributed by atoms with Crippen molar-refractivity contribution in [3.63, 3.8) is 0 Å². The van der Waals surface area contributed by atoms with Crippen LogP contribution in [0.5, 0.6) is 5.75 Å². The number of ether oxygens (including phenoxy) is 1. The van der Waals surface area contributed by atoms with Gasteiger partial charge in [0, 0.05) is 19.0 Å². The predicted molar refractivity (Wildman–Crippen MR) is 114 cm³/mol. The third kappa shape index (κ3) is 4.79. The quantitative estimate of drug-likeness (QED) is 0.778. The summed E-state index contributed by atoms with van der Waals surface area (Å²) in [6.07, 6.45) is 0.986. The molecule has 2 aromatic carbocycles. The predicted octanol–water partition coefficient (Wildman–Crippen LogP) is 3.74. The smallest absolute Gasteiger partial charge is 0.243 e. The van der Waals surface area contributed by atoms with Crippen LogP contribution in [0.2, 0.25) is 0 Å². The molecule has 29 heavy (non-hydrogen) atoms. The monoisotopic (exact) mass is 416 g/mol. The van der Waals surface area contributed by atoms with Crippen LogP contribution in [0.1, 0.15) is 30.9 Å². The Morgan fingerprint density at radius 2 is 1.83 bits per heavy atom. The van der Waals surface area contributed by atoms with Crippen molar-refractivity contribution in [3.8, 4) is 5.75 Å². The van der Waals surface area contributed by atoms with Crippen molar-refractivity contribution in [2.24, 2.45) is 5.92 Å². The van der Waals surface area contributed by atoms with Gasteiger partial charge in [0.2, 0.25) is 15.9 Å². The molecule has 7 heteroatoms. The lowest BCUT2D eigenvalue weighted by molar-refractivity contribution is -0.120. The van der Waals surface area contributed by atoms with Crippen molar-refractivity contribution >= 4 is 21.6 Å². The minimum absolute atomic E-state index is 0.0966. The molecule has 1 aliphatic heterocycles. The normalized spacial score (nSPS) is 15.8. The van der Waals surface area contributed by atoms with Gasteiger partial charge in [0.15, 0.2) is 0 Å². The van der Waals surface area contributed by atoms with E-state index in [0.29, 0.717) is 48.9 Å². The number of hydrogen-bond donors (Lipinski definition) is 1. The molecule has 0 atom stereocenters. The van der Waals surface area contributed by atoms with Crippen molar-refractivity contribution in [2.45, 2.75) is 38.5 Å². The van der Waals surface area contributed by atoms with Crippen LogP contribution < -0.4 is 10.1 Å². The third-order valence-corrected chi connectivity index (χ3v) is 7.28. The fourth-order valence-corrected chi connectivity index (χ4v) is 5.35. The largest absolute Gasteiger partial charge is 0.492 e. The molecule has 1 fully saturated rings. The summed E-state index contributed by atoms with van der Waals surface area (Å²) in [5.74, 6) is 0.314. The lowest BCUT2D eigenvalue weighted by atomic mass is 9.97. The number of piperidine rings is 1. The van der Waals surface area contributed by atoms with Gasteiger partial charge in [-0.05, 0) is 57.4 Å². The number of sulfonamides is 1. The van der Waals surface area contributed by atoms with E-state index in [1.807, 2.05) is 57.2 Å². The van der Waals surface area contributed by atoms with Crippen LogP contribution in [-0.2, 0) is 14.8 Å². The van der Waals surface area contributed by atoms with Crippen LogP contribution in [-0.4, -0.2) is 38.3 Å². The van der Waals surface area contributed by atoms with Crippen LogP contribution >= 0.6 is 0 Å². The first-order chi connectivity index (χ1) is 13.8. The zero-order valence-corrected chi connectivity index (χ0v) is 18.0. The van der Waals surface area contributed by atoms with E-state index in [0.717, 1.165) is 11.1 Å². The summed E-state index contributed by atoms with van der Waals surface area (Å²) in [5, 5.41) is 2.93. The SMILES string of the molecule is CCOc1ccccc1NC(=O)C1CCN(S(=O)(=O)c2ccc(C)cc2C)CC1. The highest BCUT2D eigenvalue weighted by Crippen LogP contribution is 2.29. The third-order valence-electron chi connectivity index (χ3n) is 5.22. The summed E-state index contributed by atoms with van der Waals surface area (Å²) in [6.45, 7) is 6.83. The first kappa shape index (κ1) is 21.3. The molecule has 2 aromatic rings. The number of nitrogens with one attached hydrogen (secondary N) is 1. The fourth-order valence-electron chi connectivity index (χ4n) is 3.67. The van der Waals surface area contributed by atoms with Crippen molar-refractivity contribution < 1.29 is 17.9 Å². The minimum Gasteiger partial charge on any atom is -0.492 e. The minimum atomic E-state index is -3.55. The molecular formula is C22H28N2O4S. The number of carbonyl (C=O) groups excluding carboxylic acids is 1. The molecule has 1 amide bonds. The van der Waals surface area contributed by atoms with Crippen molar-refractivity contribution in [1.29, 1.82) is 0 Å². The van der Waals surface area contributed by atoms with E-state index in [1.54, 1.807) is 6.07 Å². The van der Waals surface area contributed by atoms with Gasteiger partial charge in [-0.1, -0.05) is 29.8 Å². The number of para-hydroxylation sites is 2. The number of aryl methyl sites for hydroxylation is 2. The zero-order chi connectivity index (χ0) is 21.0. The molecule has 1 N–H and O–H groups in total. The summed E-state index contributed by atoms with van der Waals surface area (Å²) in [4.78, 5) is 13.1. The standard InChI is InChI=1S/C22H28N2O4S/c1-4-28-20-8-6-5-7-19(20)23-22(25)18-11-13-24(14-12-18)29(26,27)21-10-9-16(2)15-17(21)3/h5-10,15,18H,4,11-14H2,1-3H3,(H,23,25). The van der Waals surface area contributed by atoms with E-state index in [2.05, 4.69) is 5.32 Å². The Labute approximate surface area is 172 Å². The number of amides is 1. The summed E-state index contributed by atoms with van der Waals surface area (Å²) < 4.78 is 33.1.